The van der Waals surface area contributed by atoms with Crippen LogP contribution in [-0.4, -0.2) is 11.1 Å². The van der Waals surface area contributed by atoms with E-state index in [1.165, 1.54) is 78.0 Å². The molecule has 1 atom stereocenters. The van der Waals surface area contributed by atoms with Crippen molar-refractivity contribution < 1.29 is 0 Å². The molecule has 1 aliphatic carbocycles. The molecule has 2 aliphatic heterocycles. The Kier molecular flexibility index (Phi) is 7.46. The molecule has 264 valence electrons. The molecule has 1 N–H and O–H groups in total. The fourth-order valence-corrected chi connectivity index (χ4v) is 9.23. The van der Waals surface area contributed by atoms with Gasteiger partial charge in [0.2, 0.25) is 0 Å². The average Bonchev–Trinajstić information content (AvgIpc) is 3.81. The van der Waals surface area contributed by atoms with Crippen molar-refractivity contribution >= 4 is 11.4 Å². The zero-order chi connectivity index (χ0) is 37.1. The van der Waals surface area contributed by atoms with Crippen molar-refractivity contribution in [1.29, 1.82) is 0 Å². The van der Waals surface area contributed by atoms with Crippen LogP contribution in [0.1, 0.15) is 22.3 Å². The number of hydrogen-bond acceptors (Lipinski definition) is 3. The highest BCUT2D eigenvalue weighted by Gasteiger charge is 2.46. The van der Waals surface area contributed by atoms with Crippen LogP contribution in [-0.2, 0) is 5.41 Å². The number of anilines is 2. The van der Waals surface area contributed by atoms with Gasteiger partial charge in [-0.2, -0.15) is 0 Å². The molecule has 56 heavy (non-hydrogen) atoms. The van der Waals surface area contributed by atoms with E-state index in [9.17, 15) is 0 Å². The van der Waals surface area contributed by atoms with Crippen LogP contribution in [0.3, 0.4) is 0 Å². The molecule has 0 bridgehead atoms. The lowest BCUT2D eigenvalue weighted by molar-refractivity contribution is 0.768. The van der Waals surface area contributed by atoms with Crippen LogP contribution in [0.2, 0.25) is 0 Å². The molecule has 0 saturated carbocycles. The first kappa shape index (κ1) is 32.2. The lowest BCUT2D eigenvalue weighted by Crippen LogP contribution is -2.30. The molecule has 0 amide bonds. The first-order chi connectivity index (χ1) is 27.8. The highest BCUT2D eigenvalue weighted by atomic mass is 15.3. The number of rotatable bonds is 6. The molecule has 7 aromatic carbocycles. The number of nitrogens with one attached hydrogen (secondary N) is 1. The Bertz CT molecular complexity index is 2760. The molecule has 3 nitrogen and oxygen atoms in total. The number of fused-ring (bicyclic) bond motifs is 6. The van der Waals surface area contributed by atoms with E-state index >= 15 is 0 Å². The summed E-state index contributed by atoms with van der Waals surface area (Å²) in [5, 5.41) is 3.87. The summed E-state index contributed by atoms with van der Waals surface area (Å²) in [6.07, 6.45) is 12.4. The Morgan fingerprint density at radius 1 is 0.464 bits per heavy atom. The third-order valence-electron chi connectivity index (χ3n) is 11.8. The predicted octanol–water partition coefficient (Wildman–Crippen LogP) is 12.8. The highest BCUT2D eigenvalue weighted by molar-refractivity contribution is 5.98. The van der Waals surface area contributed by atoms with Crippen LogP contribution in [0.5, 0.6) is 0 Å². The minimum Gasteiger partial charge on any atom is -0.359 e. The number of allylic oxidation sites excluding steroid dienone is 2. The average molecular weight is 716 g/mol. The van der Waals surface area contributed by atoms with Crippen molar-refractivity contribution in [2.45, 2.75) is 11.6 Å². The minimum absolute atomic E-state index is 0.0694. The molecule has 0 spiro atoms. The third-order valence-corrected chi connectivity index (χ3v) is 11.8. The van der Waals surface area contributed by atoms with Gasteiger partial charge < -0.3 is 10.2 Å². The van der Waals surface area contributed by atoms with Crippen molar-refractivity contribution in [2.24, 2.45) is 0 Å². The number of benzene rings is 7. The Hall–Kier alpha value is -7.23. The second kappa shape index (κ2) is 13.0. The van der Waals surface area contributed by atoms with E-state index in [4.69, 9.17) is 0 Å². The van der Waals surface area contributed by atoms with E-state index in [-0.39, 0.29) is 6.17 Å². The van der Waals surface area contributed by atoms with E-state index in [0.29, 0.717) is 0 Å². The fraction of sp³-hybridized carbons (Fsp3) is 0.0377. The summed E-state index contributed by atoms with van der Waals surface area (Å²) in [6, 6.07) is 64.7. The molecule has 0 radical (unpaired) electrons. The highest BCUT2D eigenvalue weighted by Crippen LogP contribution is 2.57. The Morgan fingerprint density at radius 3 is 1.73 bits per heavy atom. The van der Waals surface area contributed by atoms with Gasteiger partial charge in [-0.05, 0) is 109 Å². The maximum atomic E-state index is 4.29. The van der Waals surface area contributed by atoms with Crippen molar-refractivity contribution in [3.8, 4) is 55.6 Å². The summed E-state index contributed by atoms with van der Waals surface area (Å²) in [7, 11) is 0. The van der Waals surface area contributed by atoms with Crippen LogP contribution in [0, 0.1) is 0 Å². The summed E-state index contributed by atoms with van der Waals surface area (Å²) in [6.45, 7) is 0. The van der Waals surface area contributed by atoms with Gasteiger partial charge in [-0.3, -0.25) is 4.98 Å². The molecule has 11 rings (SSSR count). The lowest BCUT2D eigenvalue weighted by atomic mass is 9.67. The molecule has 3 aliphatic rings. The van der Waals surface area contributed by atoms with Crippen molar-refractivity contribution in [3.05, 3.63) is 235 Å². The van der Waals surface area contributed by atoms with Gasteiger partial charge in [0.15, 0.2) is 0 Å². The van der Waals surface area contributed by atoms with Gasteiger partial charge in [-0.1, -0.05) is 158 Å². The van der Waals surface area contributed by atoms with Crippen LogP contribution >= 0.6 is 0 Å². The number of aromatic nitrogens is 1. The lowest BCUT2D eigenvalue weighted by Gasteiger charge is -2.33. The van der Waals surface area contributed by atoms with Gasteiger partial charge in [0.05, 0.1) is 16.8 Å². The molecular formula is C53H37N3. The normalized spacial score (nSPS) is 15.4. The standard InChI is InChI=1S/C53H37N3/c1-3-13-43(14-4-1)53(44-15-5-2-6-16-44)48-18-8-7-17-45(48)47-32-40(28-29-49(47)53)46-33-42(34-50-52(46)55-51-19-9-10-31-56(50)51)39-26-22-37(23-27-39)36-20-24-38(25-21-36)41-12-11-30-54-35-41/h1-35,51,55H. The quantitative estimate of drug-likeness (QED) is 0.186. The van der Waals surface area contributed by atoms with E-state index in [1.54, 1.807) is 0 Å². The third kappa shape index (κ3) is 5.02. The van der Waals surface area contributed by atoms with Crippen molar-refractivity contribution in [1.82, 2.24) is 4.98 Å². The number of hydrogen-bond donors (Lipinski definition) is 1. The van der Waals surface area contributed by atoms with Gasteiger partial charge in [0.25, 0.3) is 0 Å². The SMILES string of the molecule is C1=CC2Nc3c(-c4ccc5c(c4)-c4ccccc4C5(c4ccccc4)c4ccccc4)cc(-c4ccc(-c5ccc(-c6cccnc6)cc5)cc4)cc3N2C=C1. The summed E-state index contributed by atoms with van der Waals surface area (Å²) in [5.74, 6) is 0. The fourth-order valence-electron chi connectivity index (χ4n) is 9.23. The second-order valence-electron chi connectivity index (χ2n) is 14.8. The van der Waals surface area contributed by atoms with E-state index < -0.39 is 5.41 Å². The Balaban J connectivity index is 1.04. The molecule has 3 heteroatoms. The van der Waals surface area contributed by atoms with E-state index in [2.05, 4.69) is 209 Å². The summed E-state index contributed by atoms with van der Waals surface area (Å²) in [5.41, 5.74) is 19.1. The Morgan fingerprint density at radius 2 is 1.05 bits per heavy atom. The monoisotopic (exact) mass is 715 g/mol. The van der Waals surface area contributed by atoms with E-state index in [1.807, 2.05) is 18.5 Å². The smallest absolute Gasteiger partial charge is 0.123 e. The van der Waals surface area contributed by atoms with Gasteiger partial charge in [-0.15, -0.1) is 0 Å². The molecule has 8 aromatic rings. The van der Waals surface area contributed by atoms with Crippen LogP contribution in [0.15, 0.2) is 213 Å². The zero-order valence-corrected chi connectivity index (χ0v) is 30.7. The van der Waals surface area contributed by atoms with Crippen molar-refractivity contribution in [3.63, 3.8) is 0 Å². The topological polar surface area (TPSA) is 28.2 Å². The maximum Gasteiger partial charge on any atom is 0.123 e. The summed E-state index contributed by atoms with van der Waals surface area (Å²) in [4.78, 5) is 6.63. The molecular weight excluding hydrogens is 679 g/mol. The molecule has 0 saturated heterocycles. The first-order valence-corrected chi connectivity index (χ1v) is 19.3. The number of nitrogens with zero attached hydrogens (tertiary/aromatic N) is 2. The van der Waals surface area contributed by atoms with Gasteiger partial charge >= 0.3 is 0 Å². The largest absolute Gasteiger partial charge is 0.359 e. The summed E-state index contributed by atoms with van der Waals surface area (Å²) < 4.78 is 0. The number of pyridine rings is 1. The van der Waals surface area contributed by atoms with Crippen LogP contribution < -0.4 is 10.2 Å². The second-order valence-corrected chi connectivity index (χ2v) is 14.8. The summed E-state index contributed by atoms with van der Waals surface area (Å²) >= 11 is 0. The predicted molar refractivity (Wildman–Crippen MR) is 231 cm³/mol. The van der Waals surface area contributed by atoms with Gasteiger partial charge in [0, 0.05) is 24.2 Å². The first-order valence-electron chi connectivity index (χ1n) is 19.3. The maximum absolute atomic E-state index is 4.29. The van der Waals surface area contributed by atoms with Gasteiger partial charge in [-0.25, -0.2) is 0 Å². The van der Waals surface area contributed by atoms with Crippen LogP contribution in [0.4, 0.5) is 11.4 Å². The van der Waals surface area contributed by atoms with Crippen LogP contribution in [0.25, 0.3) is 55.6 Å². The van der Waals surface area contributed by atoms with Crippen molar-refractivity contribution in [2.75, 3.05) is 10.2 Å². The molecule has 1 unspecified atom stereocenters. The molecule has 3 heterocycles. The zero-order valence-electron chi connectivity index (χ0n) is 30.7. The minimum atomic E-state index is -0.425. The van der Waals surface area contributed by atoms with Gasteiger partial charge in [0.1, 0.15) is 6.17 Å². The molecule has 0 fully saturated rings. The molecule has 1 aromatic heterocycles. The Labute approximate surface area is 327 Å². The van der Waals surface area contributed by atoms with E-state index in [0.717, 1.165) is 11.3 Å².